The summed E-state index contributed by atoms with van der Waals surface area (Å²) in [7, 11) is 0. The van der Waals surface area contributed by atoms with Crippen LogP contribution in [0.4, 0.5) is 0 Å². The monoisotopic (exact) mass is 265 g/mol. The van der Waals surface area contributed by atoms with Crippen molar-refractivity contribution in [1.82, 2.24) is 4.90 Å². The van der Waals surface area contributed by atoms with E-state index in [0.717, 1.165) is 38.6 Å². The van der Waals surface area contributed by atoms with Crippen molar-refractivity contribution in [2.24, 2.45) is 5.41 Å². The molecule has 0 aromatic carbocycles. The van der Waals surface area contributed by atoms with Crippen molar-refractivity contribution < 1.29 is 14.7 Å². The van der Waals surface area contributed by atoms with Crippen molar-refractivity contribution >= 4 is 11.9 Å². The van der Waals surface area contributed by atoms with Gasteiger partial charge in [-0.15, -0.1) is 0 Å². The molecule has 0 aromatic rings. The quantitative estimate of drug-likeness (QED) is 0.795. The topological polar surface area (TPSA) is 57.6 Å². The van der Waals surface area contributed by atoms with Crippen LogP contribution in [0.25, 0.3) is 0 Å². The minimum Gasteiger partial charge on any atom is -0.481 e. The number of carbonyl (C=O) groups excluding carboxylic acids is 1. The molecule has 1 heterocycles. The molecule has 0 radical (unpaired) electrons. The number of carboxylic acid groups (broad SMARTS) is 1. The van der Waals surface area contributed by atoms with E-state index in [-0.39, 0.29) is 17.7 Å². The summed E-state index contributed by atoms with van der Waals surface area (Å²) in [5.74, 6) is -0.638. The van der Waals surface area contributed by atoms with Crippen LogP contribution in [0.2, 0.25) is 0 Å². The van der Waals surface area contributed by atoms with Crippen LogP contribution in [-0.2, 0) is 9.59 Å². The van der Waals surface area contributed by atoms with Crippen LogP contribution in [0.3, 0.4) is 0 Å². The van der Waals surface area contributed by atoms with Gasteiger partial charge in [0.1, 0.15) is 0 Å². The van der Waals surface area contributed by atoms with Gasteiger partial charge in [-0.1, -0.05) is 31.4 Å². The Balaban J connectivity index is 2.00. The van der Waals surface area contributed by atoms with Gasteiger partial charge in [-0.3, -0.25) is 9.59 Å². The van der Waals surface area contributed by atoms with Crippen LogP contribution in [-0.4, -0.2) is 35.0 Å². The number of nitrogens with zero attached hydrogens (tertiary/aromatic N) is 1. The molecule has 1 aliphatic carbocycles. The molecule has 0 aromatic heterocycles. The Bertz CT molecular complexity index is 370. The average molecular weight is 265 g/mol. The summed E-state index contributed by atoms with van der Waals surface area (Å²) in [6, 6.07) is 0. The van der Waals surface area contributed by atoms with E-state index in [1.165, 1.54) is 6.42 Å². The molecular formula is C15H23NO3. The lowest BCUT2D eigenvalue weighted by atomic mass is 9.69. The molecule has 1 aliphatic heterocycles. The van der Waals surface area contributed by atoms with Crippen LogP contribution < -0.4 is 0 Å². The Hall–Kier alpha value is -1.32. The summed E-state index contributed by atoms with van der Waals surface area (Å²) < 4.78 is 0. The second kappa shape index (κ2) is 6.22. The molecule has 0 bridgehead atoms. The van der Waals surface area contributed by atoms with Crippen LogP contribution in [0.5, 0.6) is 0 Å². The fourth-order valence-electron chi connectivity index (χ4n) is 3.34. The smallest absolute Gasteiger partial charge is 0.303 e. The summed E-state index contributed by atoms with van der Waals surface area (Å²) in [5, 5.41) is 9.12. The molecule has 1 fully saturated rings. The summed E-state index contributed by atoms with van der Waals surface area (Å²) in [6.45, 7) is 1.46. The third-order valence-corrected chi connectivity index (χ3v) is 4.38. The lowest BCUT2D eigenvalue weighted by molar-refractivity contribution is -0.142. The summed E-state index contributed by atoms with van der Waals surface area (Å²) in [6.07, 6.45) is 10.6. The largest absolute Gasteiger partial charge is 0.481 e. The highest BCUT2D eigenvalue weighted by Gasteiger charge is 2.37. The van der Waals surface area contributed by atoms with E-state index in [0.29, 0.717) is 13.0 Å². The molecule has 1 amide bonds. The summed E-state index contributed by atoms with van der Waals surface area (Å²) in [4.78, 5) is 25.3. The van der Waals surface area contributed by atoms with Gasteiger partial charge in [-0.25, -0.2) is 0 Å². The van der Waals surface area contributed by atoms with Crippen LogP contribution in [0.1, 0.15) is 51.4 Å². The predicted octanol–water partition coefficient (Wildman–Crippen LogP) is 2.59. The Kier molecular flexibility index (Phi) is 4.61. The zero-order chi connectivity index (χ0) is 13.7. The van der Waals surface area contributed by atoms with Gasteiger partial charge in [-0.05, 0) is 24.7 Å². The predicted molar refractivity (Wildman–Crippen MR) is 72.7 cm³/mol. The Labute approximate surface area is 114 Å². The van der Waals surface area contributed by atoms with Crippen molar-refractivity contribution in [2.75, 3.05) is 13.1 Å². The van der Waals surface area contributed by atoms with Crippen molar-refractivity contribution in [3.8, 4) is 0 Å². The highest BCUT2D eigenvalue weighted by atomic mass is 16.4. The van der Waals surface area contributed by atoms with Gasteiger partial charge in [0.15, 0.2) is 0 Å². The number of aliphatic carboxylic acids is 1. The maximum absolute atomic E-state index is 12.4. The van der Waals surface area contributed by atoms with E-state index in [1.807, 2.05) is 11.0 Å². The number of carbonyl (C=O) groups is 2. The molecule has 0 unspecified atom stereocenters. The number of hydrogen-bond acceptors (Lipinski definition) is 2. The SMILES string of the molecule is O=C(O)CC1(CC(=O)N2CC=CCC2)CCCCC1. The van der Waals surface area contributed by atoms with Crippen LogP contribution in [0.15, 0.2) is 12.2 Å². The van der Waals surface area contributed by atoms with Crippen molar-refractivity contribution in [3.63, 3.8) is 0 Å². The number of carboxylic acids is 1. The minimum atomic E-state index is -0.770. The van der Waals surface area contributed by atoms with Crippen LogP contribution >= 0.6 is 0 Å². The first kappa shape index (κ1) is 14.1. The first-order valence-corrected chi connectivity index (χ1v) is 7.26. The molecule has 0 spiro atoms. The fraction of sp³-hybridized carbons (Fsp3) is 0.733. The van der Waals surface area contributed by atoms with Gasteiger partial charge >= 0.3 is 5.97 Å². The fourth-order valence-corrected chi connectivity index (χ4v) is 3.34. The molecule has 19 heavy (non-hydrogen) atoms. The van der Waals surface area contributed by atoms with Crippen molar-refractivity contribution in [2.45, 2.75) is 51.4 Å². The molecule has 4 nitrogen and oxygen atoms in total. The first-order chi connectivity index (χ1) is 9.11. The lowest BCUT2D eigenvalue weighted by Crippen LogP contribution is -2.39. The minimum absolute atomic E-state index is 0.132. The summed E-state index contributed by atoms with van der Waals surface area (Å²) >= 11 is 0. The van der Waals surface area contributed by atoms with Gasteiger partial charge in [0.25, 0.3) is 0 Å². The average Bonchev–Trinajstić information content (AvgIpc) is 2.39. The van der Waals surface area contributed by atoms with Crippen molar-refractivity contribution in [1.29, 1.82) is 0 Å². The van der Waals surface area contributed by atoms with E-state index in [4.69, 9.17) is 5.11 Å². The standard InChI is InChI=1S/C15H23NO3/c17-13(16-9-5-2-6-10-16)11-15(12-14(18)19)7-3-1-4-8-15/h2,5H,1,3-4,6-12H2,(H,18,19). The zero-order valence-corrected chi connectivity index (χ0v) is 11.4. The van der Waals surface area contributed by atoms with Gasteiger partial charge < -0.3 is 10.0 Å². The van der Waals surface area contributed by atoms with Crippen molar-refractivity contribution in [3.05, 3.63) is 12.2 Å². The molecule has 106 valence electrons. The number of rotatable bonds is 4. The van der Waals surface area contributed by atoms with Gasteiger partial charge in [0.2, 0.25) is 5.91 Å². The molecule has 0 saturated heterocycles. The molecular weight excluding hydrogens is 242 g/mol. The molecule has 0 atom stereocenters. The Morgan fingerprint density at radius 2 is 1.84 bits per heavy atom. The van der Waals surface area contributed by atoms with Gasteiger partial charge in [0, 0.05) is 19.5 Å². The first-order valence-electron chi connectivity index (χ1n) is 7.26. The summed E-state index contributed by atoms with van der Waals surface area (Å²) in [5.41, 5.74) is -0.289. The van der Waals surface area contributed by atoms with Crippen LogP contribution in [0, 0.1) is 5.41 Å². The maximum Gasteiger partial charge on any atom is 0.303 e. The molecule has 1 N–H and O–H groups in total. The highest BCUT2D eigenvalue weighted by molar-refractivity contribution is 5.78. The molecule has 2 rings (SSSR count). The molecule has 1 saturated carbocycles. The third-order valence-electron chi connectivity index (χ3n) is 4.38. The Morgan fingerprint density at radius 1 is 1.11 bits per heavy atom. The van der Waals surface area contributed by atoms with Gasteiger partial charge in [-0.2, -0.15) is 0 Å². The van der Waals surface area contributed by atoms with E-state index in [1.54, 1.807) is 0 Å². The Morgan fingerprint density at radius 3 is 2.42 bits per heavy atom. The number of amides is 1. The normalized spacial score (nSPS) is 22.2. The molecule has 4 heteroatoms. The highest BCUT2D eigenvalue weighted by Crippen LogP contribution is 2.42. The van der Waals surface area contributed by atoms with Gasteiger partial charge in [0.05, 0.1) is 6.42 Å². The zero-order valence-electron chi connectivity index (χ0n) is 11.4. The molecule has 2 aliphatic rings. The maximum atomic E-state index is 12.4. The third kappa shape index (κ3) is 3.82. The van der Waals surface area contributed by atoms with E-state index < -0.39 is 5.97 Å². The second-order valence-electron chi connectivity index (χ2n) is 5.91. The lowest BCUT2D eigenvalue weighted by Gasteiger charge is -2.37. The van der Waals surface area contributed by atoms with E-state index in [2.05, 4.69) is 6.08 Å². The van der Waals surface area contributed by atoms with E-state index >= 15 is 0 Å². The number of hydrogen-bond donors (Lipinski definition) is 1. The van der Waals surface area contributed by atoms with E-state index in [9.17, 15) is 9.59 Å². The second-order valence-corrected chi connectivity index (χ2v) is 5.91.